The third-order valence-corrected chi connectivity index (χ3v) is 4.97. The number of fused-ring (bicyclic) bond motifs is 2. The summed E-state index contributed by atoms with van der Waals surface area (Å²) < 4.78 is 6.04. The summed E-state index contributed by atoms with van der Waals surface area (Å²) >= 11 is 0. The van der Waals surface area contributed by atoms with Gasteiger partial charge in [-0.25, -0.2) is 0 Å². The van der Waals surface area contributed by atoms with Gasteiger partial charge in [0, 0.05) is 10.9 Å². The fraction of sp³-hybridized carbons (Fsp3) is 0.333. The summed E-state index contributed by atoms with van der Waals surface area (Å²) in [6.45, 7) is 2.88. The van der Waals surface area contributed by atoms with Gasteiger partial charge in [-0.3, -0.25) is 9.59 Å². The van der Waals surface area contributed by atoms with E-state index in [-0.39, 0.29) is 0 Å². The maximum Gasteiger partial charge on any atom is 0.226 e. The van der Waals surface area contributed by atoms with Crippen LogP contribution in [0.4, 0.5) is 0 Å². The number of carbonyl (C=O) groups is 2. The molecule has 3 aromatic carbocycles. The Morgan fingerprint density at radius 2 is 1.63 bits per heavy atom. The molecule has 0 N–H and O–H groups in total. The summed E-state index contributed by atoms with van der Waals surface area (Å²) in [4.78, 5) is 23.5. The summed E-state index contributed by atoms with van der Waals surface area (Å²) in [5.41, 5.74) is 0.461. The number of hydrogen-bond donors (Lipinski definition) is 0. The molecule has 0 saturated heterocycles. The molecule has 3 heteroatoms. The number of hydrogen-bond acceptors (Lipinski definition) is 3. The molecule has 0 unspecified atom stereocenters. The third kappa shape index (κ3) is 4.36. The van der Waals surface area contributed by atoms with Crippen LogP contribution in [0, 0.1) is 0 Å². The fourth-order valence-corrected chi connectivity index (χ4v) is 3.58. The van der Waals surface area contributed by atoms with E-state index in [2.05, 4.69) is 6.92 Å². The number of ketones is 1. The second-order valence-electron chi connectivity index (χ2n) is 6.92. The van der Waals surface area contributed by atoms with Gasteiger partial charge in [0.05, 0.1) is 6.61 Å². The van der Waals surface area contributed by atoms with Crippen LogP contribution in [0.15, 0.2) is 48.5 Å². The average molecular weight is 362 g/mol. The van der Waals surface area contributed by atoms with E-state index in [9.17, 15) is 9.59 Å². The Morgan fingerprint density at radius 3 is 2.44 bits per heavy atom. The maximum absolute atomic E-state index is 12.3. The standard InChI is InChI=1S/C24H26O3/c1-2-3-4-5-6-9-15-27-23-14-10-13-20-21(23)16-18-11-7-8-12-19(18)24(20)22(26)17-25/h7-8,10-14,16-17H,2-6,9,15H2,1H3. The largest absolute Gasteiger partial charge is 0.493 e. The monoisotopic (exact) mass is 362 g/mol. The van der Waals surface area contributed by atoms with Crippen LogP contribution in [0.2, 0.25) is 0 Å². The van der Waals surface area contributed by atoms with E-state index in [1.165, 1.54) is 32.1 Å². The lowest BCUT2D eigenvalue weighted by molar-refractivity contribution is -0.104. The highest BCUT2D eigenvalue weighted by molar-refractivity contribution is 6.40. The Kier molecular flexibility index (Phi) is 6.59. The first-order chi connectivity index (χ1) is 13.3. The first-order valence-electron chi connectivity index (χ1n) is 9.83. The molecule has 0 amide bonds. The van der Waals surface area contributed by atoms with Crippen molar-refractivity contribution in [3.05, 3.63) is 54.1 Å². The fourth-order valence-electron chi connectivity index (χ4n) is 3.58. The molecule has 3 rings (SSSR count). The molecule has 0 spiro atoms. The van der Waals surface area contributed by atoms with Gasteiger partial charge in [-0.2, -0.15) is 0 Å². The zero-order chi connectivity index (χ0) is 19.1. The Balaban J connectivity index is 1.88. The predicted molar refractivity (Wildman–Crippen MR) is 111 cm³/mol. The molecule has 0 fully saturated rings. The molecule has 0 aliphatic heterocycles. The summed E-state index contributed by atoms with van der Waals surface area (Å²) in [5, 5.41) is 3.39. The zero-order valence-electron chi connectivity index (χ0n) is 15.9. The van der Waals surface area contributed by atoms with Gasteiger partial charge in [-0.15, -0.1) is 0 Å². The van der Waals surface area contributed by atoms with E-state index < -0.39 is 5.78 Å². The molecule has 0 atom stereocenters. The minimum absolute atomic E-state index is 0.394. The predicted octanol–water partition coefficient (Wildman–Crippen LogP) is 6.11. The van der Waals surface area contributed by atoms with Crippen molar-refractivity contribution in [3.8, 4) is 5.75 Å². The van der Waals surface area contributed by atoms with Gasteiger partial charge in [0.15, 0.2) is 6.29 Å². The zero-order valence-corrected chi connectivity index (χ0v) is 15.9. The molecule has 27 heavy (non-hydrogen) atoms. The second-order valence-corrected chi connectivity index (χ2v) is 6.92. The van der Waals surface area contributed by atoms with Crippen molar-refractivity contribution < 1.29 is 14.3 Å². The minimum atomic E-state index is -0.495. The number of rotatable bonds is 10. The van der Waals surface area contributed by atoms with Gasteiger partial charge in [0.1, 0.15) is 5.75 Å². The van der Waals surface area contributed by atoms with Crippen molar-refractivity contribution in [2.45, 2.75) is 45.4 Å². The normalized spacial score (nSPS) is 11.0. The molecule has 3 nitrogen and oxygen atoms in total. The van der Waals surface area contributed by atoms with Crippen LogP contribution in [0.25, 0.3) is 21.5 Å². The molecule has 0 aromatic heterocycles. The summed E-state index contributed by atoms with van der Waals surface area (Å²) in [6, 6.07) is 15.4. The van der Waals surface area contributed by atoms with Crippen LogP contribution in [0.3, 0.4) is 0 Å². The van der Waals surface area contributed by atoms with Crippen LogP contribution in [-0.2, 0) is 4.79 Å². The van der Waals surface area contributed by atoms with Crippen molar-refractivity contribution in [3.63, 3.8) is 0 Å². The van der Waals surface area contributed by atoms with Crippen LogP contribution >= 0.6 is 0 Å². The highest BCUT2D eigenvalue weighted by Gasteiger charge is 2.16. The Bertz CT molecular complexity index is 943. The van der Waals surface area contributed by atoms with Crippen molar-refractivity contribution in [2.75, 3.05) is 6.61 Å². The molecule has 140 valence electrons. The molecule has 0 aliphatic rings. The Labute approximate surface area is 160 Å². The molecule has 0 radical (unpaired) electrons. The SMILES string of the molecule is CCCCCCCCOc1cccc2c(C(=O)C=O)c3ccccc3cc12. The van der Waals surface area contributed by atoms with Gasteiger partial charge in [0.2, 0.25) is 5.78 Å². The topological polar surface area (TPSA) is 43.4 Å². The van der Waals surface area contributed by atoms with Gasteiger partial charge < -0.3 is 4.74 Å². The van der Waals surface area contributed by atoms with Crippen LogP contribution in [0.5, 0.6) is 5.75 Å². The molecule has 0 saturated carbocycles. The van der Waals surface area contributed by atoms with Gasteiger partial charge in [0.25, 0.3) is 0 Å². The molecular formula is C24H26O3. The summed E-state index contributed by atoms with van der Waals surface area (Å²) in [5.74, 6) is 0.275. The van der Waals surface area contributed by atoms with E-state index in [0.717, 1.165) is 33.7 Å². The number of aldehydes is 1. The van der Waals surface area contributed by atoms with E-state index in [1.54, 1.807) is 0 Å². The molecule has 0 aliphatic carbocycles. The first-order valence-corrected chi connectivity index (χ1v) is 9.83. The summed E-state index contributed by atoms with van der Waals surface area (Å²) in [6.07, 6.45) is 7.66. The molecular weight excluding hydrogens is 336 g/mol. The van der Waals surface area contributed by atoms with Crippen LogP contribution in [-0.4, -0.2) is 18.7 Å². The Hall–Kier alpha value is -2.68. The average Bonchev–Trinajstić information content (AvgIpc) is 2.71. The Morgan fingerprint density at radius 1 is 0.889 bits per heavy atom. The molecule has 3 aromatic rings. The van der Waals surface area contributed by atoms with E-state index >= 15 is 0 Å². The van der Waals surface area contributed by atoms with Crippen LogP contribution in [0.1, 0.15) is 55.8 Å². The van der Waals surface area contributed by atoms with E-state index in [0.29, 0.717) is 18.5 Å². The number of Topliss-reactive ketones (excluding diaryl/α,β-unsaturated/α-hetero) is 1. The third-order valence-electron chi connectivity index (χ3n) is 4.97. The van der Waals surface area contributed by atoms with E-state index in [1.807, 2.05) is 48.5 Å². The number of benzene rings is 3. The lowest BCUT2D eigenvalue weighted by Crippen LogP contribution is -2.03. The van der Waals surface area contributed by atoms with E-state index in [4.69, 9.17) is 4.74 Å². The second kappa shape index (κ2) is 9.31. The molecule has 0 heterocycles. The maximum atomic E-state index is 12.3. The van der Waals surface area contributed by atoms with Crippen molar-refractivity contribution in [2.24, 2.45) is 0 Å². The van der Waals surface area contributed by atoms with Gasteiger partial charge in [-0.05, 0) is 34.7 Å². The highest BCUT2D eigenvalue weighted by atomic mass is 16.5. The highest BCUT2D eigenvalue weighted by Crippen LogP contribution is 2.34. The first kappa shape index (κ1) is 19.1. The smallest absolute Gasteiger partial charge is 0.226 e. The van der Waals surface area contributed by atoms with Gasteiger partial charge in [-0.1, -0.05) is 75.4 Å². The summed E-state index contributed by atoms with van der Waals surface area (Å²) in [7, 11) is 0. The van der Waals surface area contributed by atoms with Crippen molar-refractivity contribution in [1.29, 1.82) is 0 Å². The van der Waals surface area contributed by atoms with Crippen molar-refractivity contribution in [1.82, 2.24) is 0 Å². The quantitative estimate of drug-likeness (QED) is 0.144. The minimum Gasteiger partial charge on any atom is -0.493 e. The lowest BCUT2D eigenvalue weighted by Gasteiger charge is -2.13. The number of ether oxygens (including phenoxy) is 1. The lowest BCUT2D eigenvalue weighted by atomic mass is 9.94. The van der Waals surface area contributed by atoms with Crippen LogP contribution < -0.4 is 4.74 Å². The molecule has 0 bridgehead atoms. The van der Waals surface area contributed by atoms with Gasteiger partial charge >= 0.3 is 0 Å². The number of carbonyl (C=O) groups excluding carboxylic acids is 2. The van der Waals surface area contributed by atoms with Crippen molar-refractivity contribution >= 4 is 33.6 Å². The number of unbranched alkanes of at least 4 members (excludes halogenated alkanes) is 5.